The van der Waals surface area contributed by atoms with Crippen molar-refractivity contribution in [1.29, 1.82) is 0 Å². The van der Waals surface area contributed by atoms with E-state index >= 15 is 0 Å². The molecule has 0 fully saturated rings. The lowest BCUT2D eigenvalue weighted by Gasteiger charge is -2.13. The highest BCUT2D eigenvalue weighted by Crippen LogP contribution is 2.05. The molecule has 33 heavy (non-hydrogen) atoms. The minimum absolute atomic E-state index is 0.0580. The quantitative estimate of drug-likeness (QED) is 0.289. The normalized spacial score (nSPS) is 14.6. The number of imide groups is 2. The van der Waals surface area contributed by atoms with Crippen LogP contribution in [0.4, 0.5) is 0 Å². The smallest absolute Gasteiger partial charge is 0.253 e. The van der Waals surface area contributed by atoms with Crippen molar-refractivity contribution in [2.45, 2.75) is 39.5 Å². The van der Waals surface area contributed by atoms with Crippen LogP contribution in [0.1, 0.15) is 39.5 Å². The van der Waals surface area contributed by atoms with Crippen molar-refractivity contribution in [3.8, 4) is 0 Å². The van der Waals surface area contributed by atoms with Crippen LogP contribution in [-0.2, 0) is 38.3 Å². The number of ether oxygens (including phenoxy) is 1. The number of ketones is 2. The summed E-state index contributed by atoms with van der Waals surface area (Å²) in [4.78, 5) is 79.3. The summed E-state index contributed by atoms with van der Waals surface area (Å²) in [6.07, 6.45) is 6.25. The third kappa shape index (κ3) is 11.1. The van der Waals surface area contributed by atoms with Gasteiger partial charge in [0.1, 0.15) is 11.6 Å². The molecule has 2 aliphatic heterocycles. The molecule has 0 radical (unpaired) electrons. The van der Waals surface area contributed by atoms with Gasteiger partial charge in [0, 0.05) is 63.2 Å². The van der Waals surface area contributed by atoms with E-state index in [0.29, 0.717) is 45.6 Å². The Morgan fingerprint density at radius 2 is 1.21 bits per heavy atom. The highest BCUT2D eigenvalue weighted by molar-refractivity contribution is 6.13. The lowest BCUT2D eigenvalue weighted by Crippen LogP contribution is -2.35. The van der Waals surface area contributed by atoms with Gasteiger partial charge in [0.25, 0.3) is 23.6 Å². The van der Waals surface area contributed by atoms with Gasteiger partial charge in [-0.05, 0) is 20.3 Å². The number of carbonyl (C=O) groups excluding carboxylic acids is 7. The molecule has 0 aromatic rings. The summed E-state index contributed by atoms with van der Waals surface area (Å²) >= 11 is 0. The van der Waals surface area contributed by atoms with E-state index in [0.717, 1.165) is 9.80 Å². The first kappa shape index (κ1) is 27.6. The first-order valence-electron chi connectivity index (χ1n) is 10.5. The summed E-state index contributed by atoms with van der Waals surface area (Å²) in [5.41, 5.74) is 0. The van der Waals surface area contributed by atoms with Crippen LogP contribution < -0.4 is 5.32 Å². The molecule has 180 valence electrons. The second-order valence-corrected chi connectivity index (χ2v) is 7.29. The molecule has 0 aliphatic carbocycles. The fraction of sp³-hybridized carbons (Fsp3) is 0.500. The molecule has 11 heteroatoms. The van der Waals surface area contributed by atoms with Crippen LogP contribution in [-0.4, -0.2) is 83.8 Å². The number of Topliss-reactive ketones (excluding diaryl/α,β-unsaturated/α-hetero) is 2. The summed E-state index contributed by atoms with van der Waals surface area (Å²) in [7, 11) is 0. The van der Waals surface area contributed by atoms with Crippen molar-refractivity contribution < 1.29 is 38.3 Å². The number of nitrogens with one attached hydrogen (secondary N) is 1. The molecule has 0 aromatic carbocycles. The first-order chi connectivity index (χ1) is 15.6. The van der Waals surface area contributed by atoms with Gasteiger partial charge >= 0.3 is 0 Å². The third-order valence-electron chi connectivity index (χ3n) is 4.44. The van der Waals surface area contributed by atoms with Crippen LogP contribution in [0.25, 0.3) is 0 Å². The van der Waals surface area contributed by atoms with E-state index in [1.165, 1.54) is 38.2 Å². The van der Waals surface area contributed by atoms with Crippen molar-refractivity contribution in [2.24, 2.45) is 0 Å². The fourth-order valence-electron chi connectivity index (χ4n) is 2.67. The van der Waals surface area contributed by atoms with Crippen LogP contribution >= 0.6 is 0 Å². The van der Waals surface area contributed by atoms with Gasteiger partial charge < -0.3 is 14.8 Å². The van der Waals surface area contributed by atoms with E-state index in [4.69, 9.17) is 4.74 Å². The summed E-state index contributed by atoms with van der Waals surface area (Å²) in [5, 5.41) is 2.61. The molecule has 0 saturated heterocycles. The number of rotatable bonds is 13. The lowest BCUT2D eigenvalue weighted by molar-refractivity contribution is -0.138. The van der Waals surface area contributed by atoms with Gasteiger partial charge in [-0.2, -0.15) is 0 Å². The Balaban J connectivity index is 0.000000361. The standard InChI is InChI=1S/C13H18N2O5.C9H11NO3/c1-10(16)5-8-20-9-6-14-11(17)4-7-15-12(18)2-3-13(15)19;1-7(11)3-2-6-10-8(12)4-5-9(10)13/h2-3H,4-9H2,1H3,(H,14,17);4-5H,2-3,6H2,1H3. The Bertz CT molecular complexity index is 811. The Hall–Kier alpha value is -3.47. The van der Waals surface area contributed by atoms with Gasteiger partial charge in [-0.25, -0.2) is 0 Å². The van der Waals surface area contributed by atoms with Gasteiger partial charge in [0.15, 0.2) is 0 Å². The SMILES string of the molecule is CC(=O)CCCN1C(=O)C=CC1=O.CC(=O)CCOCCNC(=O)CCN1C(=O)C=CC1=O. The van der Waals surface area contributed by atoms with E-state index in [1.54, 1.807) is 0 Å². The Morgan fingerprint density at radius 3 is 1.70 bits per heavy atom. The van der Waals surface area contributed by atoms with Crippen molar-refractivity contribution >= 4 is 41.1 Å². The number of amides is 5. The molecule has 0 bridgehead atoms. The molecule has 2 aliphatic rings. The number of carbonyl (C=O) groups is 7. The molecular formula is C22H29N3O8. The molecule has 11 nitrogen and oxygen atoms in total. The van der Waals surface area contributed by atoms with E-state index in [-0.39, 0.29) is 42.3 Å². The number of hydrogen-bond acceptors (Lipinski definition) is 8. The van der Waals surface area contributed by atoms with Crippen LogP contribution in [0.5, 0.6) is 0 Å². The monoisotopic (exact) mass is 463 g/mol. The summed E-state index contributed by atoms with van der Waals surface area (Å²) in [6, 6.07) is 0. The van der Waals surface area contributed by atoms with Gasteiger partial charge in [-0.3, -0.25) is 38.6 Å². The lowest BCUT2D eigenvalue weighted by atomic mass is 10.2. The Kier molecular flexibility index (Phi) is 12.2. The van der Waals surface area contributed by atoms with Crippen LogP contribution in [0.15, 0.2) is 24.3 Å². The van der Waals surface area contributed by atoms with E-state index in [9.17, 15) is 33.6 Å². The maximum absolute atomic E-state index is 11.5. The summed E-state index contributed by atoms with van der Waals surface area (Å²) in [6.45, 7) is 4.38. The maximum atomic E-state index is 11.5. The summed E-state index contributed by atoms with van der Waals surface area (Å²) < 4.78 is 5.14. The molecule has 5 amide bonds. The minimum atomic E-state index is -0.393. The molecule has 0 atom stereocenters. The van der Waals surface area contributed by atoms with E-state index in [1.807, 2.05) is 0 Å². The molecule has 2 rings (SSSR count). The molecule has 0 spiro atoms. The number of hydrogen-bond donors (Lipinski definition) is 1. The van der Waals surface area contributed by atoms with Crippen molar-refractivity contribution in [2.75, 3.05) is 32.8 Å². The third-order valence-corrected chi connectivity index (χ3v) is 4.44. The second-order valence-electron chi connectivity index (χ2n) is 7.29. The van der Waals surface area contributed by atoms with Gasteiger partial charge in [0.2, 0.25) is 5.91 Å². The minimum Gasteiger partial charge on any atom is -0.379 e. The maximum Gasteiger partial charge on any atom is 0.253 e. The zero-order valence-corrected chi connectivity index (χ0v) is 18.8. The van der Waals surface area contributed by atoms with Crippen molar-refractivity contribution in [3.63, 3.8) is 0 Å². The van der Waals surface area contributed by atoms with Crippen LogP contribution in [0.3, 0.4) is 0 Å². The van der Waals surface area contributed by atoms with E-state index in [2.05, 4.69) is 5.32 Å². The predicted octanol–water partition coefficient (Wildman–Crippen LogP) is -0.306. The average Bonchev–Trinajstić information content (AvgIpc) is 3.24. The molecule has 2 heterocycles. The highest BCUT2D eigenvalue weighted by atomic mass is 16.5. The summed E-state index contributed by atoms with van der Waals surface area (Å²) in [5.74, 6) is -1.48. The van der Waals surface area contributed by atoms with Gasteiger partial charge in [0.05, 0.1) is 13.2 Å². The van der Waals surface area contributed by atoms with Crippen LogP contribution in [0.2, 0.25) is 0 Å². The molecular weight excluding hydrogens is 434 g/mol. The molecule has 0 unspecified atom stereocenters. The van der Waals surface area contributed by atoms with Gasteiger partial charge in [-0.15, -0.1) is 0 Å². The molecule has 0 aromatic heterocycles. The average molecular weight is 463 g/mol. The second kappa shape index (κ2) is 14.6. The molecule has 1 N–H and O–H groups in total. The first-order valence-corrected chi connectivity index (χ1v) is 10.5. The van der Waals surface area contributed by atoms with Gasteiger partial charge in [-0.1, -0.05) is 0 Å². The highest BCUT2D eigenvalue weighted by Gasteiger charge is 2.23. The zero-order valence-electron chi connectivity index (χ0n) is 18.8. The Labute approximate surface area is 191 Å². The topological polar surface area (TPSA) is 147 Å². The molecule has 0 saturated carbocycles. The predicted molar refractivity (Wildman–Crippen MR) is 115 cm³/mol. The largest absolute Gasteiger partial charge is 0.379 e. The number of nitrogens with zero attached hydrogens (tertiary/aromatic N) is 2. The van der Waals surface area contributed by atoms with E-state index < -0.39 is 11.8 Å². The zero-order chi connectivity index (χ0) is 24.8. The van der Waals surface area contributed by atoms with Crippen LogP contribution in [0, 0.1) is 0 Å². The Morgan fingerprint density at radius 1 is 0.727 bits per heavy atom. The van der Waals surface area contributed by atoms with Crippen molar-refractivity contribution in [3.05, 3.63) is 24.3 Å². The fourth-order valence-corrected chi connectivity index (χ4v) is 2.67. The van der Waals surface area contributed by atoms with Crippen molar-refractivity contribution in [1.82, 2.24) is 15.1 Å².